The van der Waals surface area contributed by atoms with Crippen LogP contribution < -0.4 is 11.2 Å². The molecule has 0 fully saturated rings. The van der Waals surface area contributed by atoms with Crippen molar-refractivity contribution in [3.8, 4) is 11.1 Å². The van der Waals surface area contributed by atoms with Gasteiger partial charge in [-0.1, -0.05) is 55.1 Å². The zero-order valence-electron chi connectivity index (χ0n) is 13.2. The van der Waals surface area contributed by atoms with Gasteiger partial charge in [-0.3, -0.25) is 9.78 Å². The van der Waals surface area contributed by atoms with Crippen LogP contribution in [0, 0.1) is 0 Å². The van der Waals surface area contributed by atoms with E-state index in [0.29, 0.717) is 15.9 Å². The fraction of sp³-hybridized carbons (Fsp3) is 0.0526. The number of fused-ring (bicyclic) bond motifs is 1. The highest BCUT2D eigenvalue weighted by Gasteiger charge is 2.15. The highest BCUT2D eigenvalue weighted by Crippen LogP contribution is 2.30. The smallest absolute Gasteiger partial charge is 0.298 e. The van der Waals surface area contributed by atoms with Gasteiger partial charge in [0.1, 0.15) is 4.83 Å². The topological polar surface area (TPSA) is 54.9 Å². The van der Waals surface area contributed by atoms with Crippen LogP contribution in [0.25, 0.3) is 27.0 Å². The normalized spacial score (nSPS) is 12.1. The Balaban J connectivity index is 2.34. The molecule has 2 aromatic heterocycles. The van der Waals surface area contributed by atoms with Crippen LogP contribution in [-0.4, -0.2) is 9.55 Å². The molecule has 5 heteroatoms. The summed E-state index contributed by atoms with van der Waals surface area (Å²) in [5.41, 5.74) is 1.51. The molecule has 120 valence electrons. The number of nitrogens with zero attached hydrogens (tertiary/aromatic N) is 1. The molecule has 3 aromatic rings. The lowest BCUT2D eigenvalue weighted by Gasteiger charge is -2.06. The van der Waals surface area contributed by atoms with E-state index in [1.807, 2.05) is 35.7 Å². The highest BCUT2D eigenvalue weighted by atomic mass is 32.1. The predicted molar refractivity (Wildman–Crippen MR) is 101 cm³/mol. The SMILES string of the molecule is C=C/C=C\C(=C/C)n1c(=O)[nH]c2scc(-c3ccccc3)c2c1=O. The van der Waals surface area contributed by atoms with E-state index < -0.39 is 5.69 Å². The Labute approximate surface area is 142 Å². The van der Waals surface area contributed by atoms with E-state index in [-0.39, 0.29) is 5.56 Å². The molecule has 0 spiro atoms. The minimum Gasteiger partial charge on any atom is -0.298 e. The van der Waals surface area contributed by atoms with Crippen molar-refractivity contribution < 1.29 is 0 Å². The lowest BCUT2D eigenvalue weighted by atomic mass is 10.1. The zero-order chi connectivity index (χ0) is 17.1. The molecule has 0 unspecified atom stereocenters. The van der Waals surface area contributed by atoms with Crippen molar-refractivity contribution in [3.05, 3.63) is 87.4 Å². The molecule has 4 nitrogen and oxygen atoms in total. The van der Waals surface area contributed by atoms with Crippen molar-refractivity contribution in [1.82, 2.24) is 9.55 Å². The maximum absolute atomic E-state index is 13.0. The van der Waals surface area contributed by atoms with E-state index in [1.165, 1.54) is 11.3 Å². The average Bonchev–Trinajstić information content (AvgIpc) is 3.02. The van der Waals surface area contributed by atoms with Crippen molar-refractivity contribution >= 4 is 27.3 Å². The van der Waals surface area contributed by atoms with E-state index in [2.05, 4.69) is 11.6 Å². The van der Waals surface area contributed by atoms with E-state index in [1.54, 1.807) is 31.2 Å². The molecule has 0 aliphatic rings. The number of thiophene rings is 1. The maximum atomic E-state index is 13.0. The standard InChI is InChI=1S/C19H16N2O2S/c1-3-5-11-14(4-2)21-18(22)16-15(13-9-7-6-8-10-13)12-24-17(16)20-19(21)23/h3-12H,1H2,2H3,(H,20,23)/b11-5-,14-4+. The summed E-state index contributed by atoms with van der Waals surface area (Å²) in [5, 5.41) is 2.42. The molecule has 0 saturated heterocycles. The largest absolute Gasteiger partial charge is 0.334 e. The van der Waals surface area contributed by atoms with Gasteiger partial charge in [-0.15, -0.1) is 11.3 Å². The van der Waals surface area contributed by atoms with Crippen LogP contribution in [0.4, 0.5) is 0 Å². The Morgan fingerprint density at radius 3 is 2.67 bits per heavy atom. The average molecular weight is 336 g/mol. The summed E-state index contributed by atoms with van der Waals surface area (Å²) >= 11 is 1.36. The molecule has 1 aromatic carbocycles. The number of benzene rings is 1. The Kier molecular flexibility index (Phi) is 4.44. The van der Waals surface area contributed by atoms with Gasteiger partial charge >= 0.3 is 5.69 Å². The highest BCUT2D eigenvalue weighted by molar-refractivity contribution is 7.17. The molecule has 2 heterocycles. The van der Waals surface area contributed by atoms with Gasteiger partial charge < -0.3 is 0 Å². The fourth-order valence-electron chi connectivity index (χ4n) is 2.55. The summed E-state index contributed by atoms with van der Waals surface area (Å²) in [7, 11) is 0. The molecule has 3 rings (SSSR count). The molecule has 0 radical (unpaired) electrons. The number of aromatic amines is 1. The molecular formula is C19H16N2O2S. The van der Waals surface area contributed by atoms with E-state index in [9.17, 15) is 9.59 Å². The summed E-state index contributed by atoms with van der Waals surface area (Å²) in [6.45, 7) is 5.40. The molecule has 0 aliphatic heterocycles. The number of allylic oxidation sites excluding steroid dienone is 5. The number of H-pyrrole nitrogens is 1. The Bertz CT molecular complexity index is 1070. The Morgan fingerprint density at radius 2 is 2.00 bits per heavy atom. The molecular weight excluding hydrogens is 320 g/mol. The van der Waals surface area contributed by atoms with E-state index in [0.717, 1.165) is 15.7 Å². The Morgan fingerprint density at radius 1 is 1.25 bits per heavy atom. The van der Waals surface area contributed by atoms with Crippen LogP contribution in [0.5, 0.6) is 0 Å². The summed E-state index contributed by atoms with van der Waals surface area (Å²) in [5.74, 6) is 0. The fourth-order valence-corrected chi connectivity index (χ4v) is 3.50. The second-order valence-electron chi connectivity index (χ2n) is 5.10. The van der Waals surface area contributed by atoms with E-state index in [4.69, 9.17) is 0 Å². The molecule has 0 atom stereocenters. The first-order valence-electron chi connectivity index (χ1n) is 7.45. The van der Waals surface area contributed by atoms with Gasteiger partial charge in [0.25, 0.3) is 5.56 Å². The summed E-state index contributed by atoms with van der Waals surface area (Å²) < 4.78 is 1.15. The summed E-state index contributed by atoms with van der Waals surface area (Å²) in [6.07, 6.45) is 6.69. The second-order valence-corrected chi connectivity index (χ2v) is 5.98. The predicted octanol–water partition coefficient (Wildman–Crippen LogP) is 4.02. The first-order valence-corrected chi connectivity index (χ1v) is 8.33. The van der Waals surface area contributed by atoms with Gasteiger partial charge in [0.15, 0.2) is 0 Å². The number of nitrogens with one attached hydrogen (secondary N) is 1. The van der Waals surface area contributed by atoms with Crippen LogP contribution in [0.2, 0.25) is 0 Å². The lowest BCUT2D eigenvalue weighted by Crippen LogP contribution is -2.33. The molecule has 0 saturated carbocycles. The number of hydrogen-bond acceptors (Lipinski definition) is 3. The van der Waals surface area contributed by atoms with Crippen LogP contribution in [0.1, 0.15) is 6.92 Å². The third kappa shape index (κ3) is 2.70. The van der Waals surface area contributed by atoms with Crippen LogP contribution in [-0.2, 0) is 0 Å². The summed E-state index contributed by atoms with van der Waals surface area (Å²) in [4.78, 5) is 28.8. The zero-order valence-corrected chi connectivity index (χ0v) is 14.0. The lowest BCUT2D eigenvalue weighted by molar-refractivity contribution is 0.931. The summed E-state index contributed by atoms with van der Waals surface area (Å²) in [6, 6.07) is 9.67. The second kappa shape index (κ2) is 6.68. The Hall–Kier alpha value is -2.92. The monoisotopic (exact) mass is 336 g/mol. The number of rotatable bonds is 4. The van der Waals surface area contributed by atoms with Gasteiger partial charge in [-0.05, 0) is 18.6 Å². The third-order valence-corrected chi connectivity index (χ3v) is 4.57. The first-order chi connectivity index (χ1) is 11.7. The van der Waals surface area contributed by atoms with Gasteiger partial charge in [0.05, 0.1) is 5.39 Å². The quantitative estimate of drug-likeness (QED) is 0.732. The van der Waals surface area contributed by atoms with Gasteiger partial charge in [-0.2, -0.15) is 0 Å². The van der Waals surface area contributed by atoms with Gasteiger partial charge in [0, 0.05) is 16.6 Å². The van der Waals surface area contributed by atoms with Crippen molar-refractivity contribution in [1.29, 1.82) is 0 Å². The number of hydrogen-bond donors (Lipinski definition) is 1. The van der Waals surface area contributed by atoms with Crippen molar-refractivity contribution in [3.63, 3.8) is 0 Å². The number of aromatic nitrogens is 2. The molecule has 0 bridgehead atoms. The minimum atomic E-state index is -0.448. The van der Waals surface area contributed by atoms with Gasteiger partial charge in [-0.25, -0.2) is 9.36 Å². The van der Waals surface area contributed by atoms with Crippen molar-refractivity contribution in [2.75, 3.05) is 0 Å². The first kappa shape index (κ1) is 16.0. The van der Waals surface area contributed by atoms with Crippen molar-refractivity contribution in [2.24, 2.45) is 0 Å². The van der Waals surface area contributed by atoms with Crippen LogP contribution in [0.15, 0.2) is 76.2 Å². The molecule has 0 aliphatic carbocycles. The van der Waals surface area contributed by atoms with Crippen LogP contribution in [0.3, 0.4) is 0 Å². The maximum Gasteiger partial charge on any atom is 0.334 e. The minimum absolute atomic E-state index is 0.323. The molecule has 1 N–H and O–H groups in total. The van der Waals surface area contributed by atoms with E-state index >= 15 is 0 Å². The third-order valence-electron chi connectivity index (χ3n) is 3.67. The van der Waals surface area contributed by atoms with Crippen LogP contribution >= 0.6 is 11.3 Å². The molecule has 0 amide bonds. The van der Waals surface area contributed by atoms with Gasteiger partial charge in [0.2, 0.25) is 0 Å². The van der Waals surface area contributed by atoms with Crippen molar-refractivity contribution in [2.45, 2.75) is 6.92 Å². The molecule has 24 heavy (non-hydrogen) atoms.